The molecule has 0 heterocycles. The van der Waals surface area contributed by atoms with Crippen molar-refractivity contribution in [1.82, 2.24) is 0 Å². The molecule has 7 N–H and O–H groups in total. The Morgan fingerprint density at radius 1 is 1.55 bits per heavy atom. The van der Waals surface area contributed by atoms with Crippen molar-refractivity contribution in [2.75, 3.05) is 0 Å². The monoisotopic (exact) mass is 152 g/mol. The summed E-state index contributed by atoms with van der Waals surface area (Å²) in [5.41, 5.74) is 16.3. The van der Waals surface area contributed by atoms with Gasteiger partial charge in [0, 0.05) is 12.0 Å². The van der Waals surface area contributed by atoms with Crippen molar-refractivity contribution < 1.29 is 0 Å². The van der Waals surface area contributed by atoms with E-state index < -0.39 is 5.66 Å². The lowest BCUT2D eigenvalue weighted by atomic mass is 9.98. The van der Waals surface area contributed by atoms with Gasteiger partial charge >= 0.3 is 0 Å². The highest BCUT2D eigenvalue weighted by Gasteiger charge is 2.17. The maximum atomic E-state index is 7.09. The maximum Gasteiger partial charge on any atom is 0.122 e. The van der Waals surface area contributed by atoms with Crippen LogP contribution < -0.4 is 17.2 Å². The van der Waals surface area contributed by atoms with Crippen LogP contribution >= 0.6 is 0 Å². The predicted molar refractivity (Wildman–Crippen MR) is 44.9 cm³/mol. The summed E-state index contributed by atoms with van der Waals surface area (Å²) in [6, 6.07) is 0. The molecule has 0 bridgehead atoms. The fourth-order valence-electron chi connectivity index (χ4n) is 0.867. The molecule has 0 radical (unpaired) electrons. The zero-order valence-corrected chi connectivity index (χ0v) is 6.17. The van der Waals surface area contributed by atoms with Gasteiger partial charge in [-0.25, -0.2) is 0 Å². The van der Waals surface area contributed by atoms with Crippen molar-refractivity contribution in [2.24, 2.45) is 17.2 Å². The third-order valence-corrected chi connectivity index (χ3v) is 1.56. The first-order valence-electron chi connectivity index (χ1n) is 3.33. The Balaban J connectivity index is 2.75. The molecule has 60 valence electrons. The Bertz CT molecular complexity index is 237. The molecule has 0 atom stereocenters. The minimum absolute atomic E-state index is 0.0525. The van der Waals surface area contributed by atoms with Crippen LogP contribution in [0.4, 0.5) is 0 Å². The van der Waals surface area contributed by atoms with Gasteiger partial charge in [-0.05, 0) is 6.08 Å². The molecule has 11 heavy (non-hydrogen) atoms. The van der Waals surface area contributed by atoms with E-state index in [1.54, 1.807) is 18.2 Å². The third-order valence-electron chi connectivity index (χ3n) is 1.56. The van der Waals surface area contributed by atoms with Crippen LogP contribution in [0.25, 0.3) is 0 Å². The Morgan fingerprint density at radius 2 is 2.18 bits per heavy atom. The van der Waals surface area contributed by atoms with Gasteiger partial charge in [-0.1, -0.05) is 12.2 Å². The van der Waals surface area contributed by atoms with E-state index in [4.69, 9.17) is 22.6 Å². The van der Waals surface area contributed by atoms with Crippen molar-refractivity contribution in [2.45, 2.75) is 12.1 Å². The Labute approximate surface area is 65.2 Å². The molecular weight excluding hydrogens is 140 g/mol. The van der Waals surface area contributed by atoms with Gasteiger partial charge in [-0.15, -0.1) is 0 Å². The summed E-state index contributed by atoms with van der Waals surface area (Å²) < 4.78 is 0. The van der Waals surface area contributed by atoms with Crippen LogP contribution in [0.1, 0.15) is 6.42 Å². The van der Waals surface area contributed by atoms with E-state index in [0.717, 1.165) is 0 Å². The average molecular weight is 152 g/mol. The molecule has 0 unspecified atom stereocenters. The fourth-order valence-corrected chi connectivity index (χ4v) is 0.867. The molecule has 1 aliphatic rings. The lowest BCUT2D eigenvalue weighted by molar-refractivity contribution is 0.556. The van der Waals surface area contributed by atoms with Crippen molar-refractivity contribution in [3.8, 4) is 0 Å². The van der Waals surface area contributed by atoms with Gasteiger partial charge < -0.3 is 17.2 Å². The molecule has 1 rings (SSSR count). The molecule has 0 amide bonds. The topological polar surface area (TPSA) is 102 Å². The van der Waals surface area contributed by atoms with E-state index in [0.29, 0.717) is 12.0 Å². The maximum absolute atomic E-state index is 7.09. The van der Waals surface area contributed by atoms with Crippen molar-refractivity contribution in [3.05, 3.63) is 23.8 Å². The first kappa shape index (κ1) is 7.97. The van der Waals surface area contributed by atoms with Gasteiger partial charge in [0.1, 0.15) is 5.84 Å². The molecule has 0 aromatic carbocycles. The Morgan fingerprint density at radius 3 is 2.55 bits per heavy atom. The molecule has 0 saturated heterocycles. The summed E-state index contributed by atoms with van der Waals surface area (Å²) in [4.78, 5) is 0. The number of hydrogen-bond donors (Lipinski definition) is 4. The van der Waals surface area contributed by atoms with E-state index in [1.165, 1.54) is 0 Å². The summed E-state index contributed by atoms with van der Waals surface area (Å²) in [6.07, 6.45) is 5.62. The second-order valence-corrected chi connectivity index (χ2v) is 2.72. The van der Waals surface area contributed by atoms with Crippen LogP contribution in [0.3, 0.4) is 0 Å². The van der Waals surface area contributed by atoms with Crippen LogP contribution in [0.15, 0.2) is 23.8 Å². The molecule has 0 saturated carbocycles. The summed E-state index contributed by atoms with van der Waals surface area (Å²) in [7, 11) is 0. The Hall–Kier alpha value is -1.13. The lowest BCUT2D eigenvalue weighted by Gasteiger charge is -2.21. The first-order valence-corrected chi connectivity index (χ1v) is 3.33. The zero-order chi connectivity index (χ0) is 8.48. The number of rotatable bonds is 1. The minimum atomic E-state index is -0.765. The quantitative estimate of drug-likeness (QED) is 0.230. The van der Waals surface area contributed by atoms with Gasteiger partial charge in [-0.2, -0.15) is 0 Å². The van der Waals surface area contributed by atoms with E-state index in [1.807, 2.05) is 0 Å². The summed E-state index contributed by atoms with van der Waals surface area (Å²) >= 11 is 0. The molecule has 4 nitrogen and oxygen atoms in total. The van der Waals surface area contributed by atoms with Crippen LogP contribution in [0.5, 0.6) is 0 Å². The van der Waals surface area contributed by atoms with Gasteiger partial charge in [0.05, 0.1) is 5.66 Å². The molecule has 0 aromatic rings. The summed E-state index contributed by atoms with van der Waals surface area (Å²) in [5, 5.41) is 7.09. The smallest absolute Gasteiger partial charge is 0.122 e. The first-order chi connectivity index (χ1) is 5.01. The average Bonchev–Trinajstić information content (AvgIpc) is 1.86. The minimum Gasteiger partial charge on any atom is -0.384 e. The highest BCUT2D eigenvalue weighted by atomic mass is 14.9. The number of nitrogens with one attached hydrogen (secondary N) is 1. The summed E-state index contributed by atoms with van der Waals surface area (Å²) in [5.74, 6) is 0.0525. The van der Waals surface area contributed by atoms with Crippen LogP contribution in [0.2, 0.25) is 0 Å². The number of nitrogens with two attached hydrogens (primary N) is 3. The zero-order valence-electron chi connectivity index (χ0n) is 6.17. The highest BCUT2D eigenvalue weighted by Crippen LogP contribution is 2.13. The third kappa shape index (κ3) is 1.89. The SMILES string of the molecule is N=C(N)C1=CCC(N)(N)C=C1. The molecule has 0 spiro atoms. The lowest BCUT2D eigenvalue weighted by Crippen LogP contribution is -2.47. The van der Waals surface area contributed by atoms with Crippen molar-refractivity contribution in [3.63, 3.8) is 0 Å². The molecular formula is C7H12N4. The molecule has 0 aliphatic heterocycles. The van der Waals surface area contributed by atoms with Crippen molar-refractivity contribution >= 4 is 5.84 Å². The van der Waals surface area contributed by atoms with Crippen LogP contribution in [-0.2, 0) is 0 Å². The van der Waals surface area contributed by atoms with Gasteiger partial charge in [-0.3, -0.25) is 5.41 Å². The van der Waals surface area contributed by atoms with Gasteiger partial charge in [0.15, 0.2) is 0 Å². The molecule has 0 fully saturated rings. The predicted octanol–water partition coefficient (Wildman–Crippen LogP) is -0.578. The van der Waals surface area contributed by atoms with E-state index in [9.17, 15) is 0 Å². The standard InChI is InChI=1S/C7H12N4/c8-6(9)5-1-3-7(10,11)4-2-5/h1-3H,4,10-11H2,(H3,8,9). The van der Waals surface area contributed by atoms with Crippen molar-refractivity contribution in [1.29, 1.82) is 5.41 Å². The largest absolute Gasteiger partial charge is 0.384 e. The van der Waals surface area contributed by atoms with Gasteiger partial charge in [0.2, 0.25) is 0 Å². The second kappa shape index (κ2) is 2.48. The fraction of sp³-hybridized carbons (Fsp3) is 0.286. The highest BCUT2D eigenvalue weighted by molar-refractivity contribution is 5.97. The normalized spacial score (nSPS) is 21.1. The van der Waals surface area contributed by atoms with E-state index in [2.05, 4.69) is 0 Å². The number of hydrogen-bond acceptors (Lipinski definition) is 3. The molecule has 1 aliphatic carbocycles. The number of amidine groups is 1. The van der Waals surface area contributed by atoms with Crippen LogP contribution in [-0.4, -0.2) is 11.5 Å². The Kier molecular flexibility index (Phi) is 1.80. The molecule has 4 heteroatoms. The molecule has 0 aromatic heterocycles. The van der Waals surface area contributed by atoms with E-state index in [-0.39, 0.29) is 5.84 Å². The second-order valence-electron chi connectivity index (χ2n) is 2.72. The van der Waals surface area contributed by atoms with Gasteiger partial charge in [0.25, 0.3) is 0 Å². The van der Waals surface area contributed by atoms with E-state index >= 15 is 0 Å². The van der Waals surface area contributed by atoms with Crippen LogP contribution in [0, 0.1) is 5.41 Å². The summed E-state index contributed by atoms with van der Waals surface area (Å²) in [6.45, 7) is 0.